The number of nitrogens with zero attached hydrogens (tertiary/aromatic N) is 4. The molecule has 0 amide bonds. The Hall–Kier alpha value is -2.28. The third kappa shape index (κ3) is 1.81. The maximum absolute atomic E-state index is 8.76. The van der Waals surface area contributed by atoms with Crippen LogP contribution in [0.2, 0.25) is 0 Å². The van der Waals surface area contributed by atoms with Crippen LogP contribution in [0.1, 0.15) is 11.3 Å². The lowest BCUT2D eigenvalue weighted by atomic mass is 10.2. The zero-order chi connectivity index (χ0) is 10.7. The summed E-state index contributed by atoms with van der Waals surface area (Å²) in [5, 5.41) is 8.76. The van der Waals surface area contributed by atoms with Gasteiger partial charge in [-0.1, -0.05) is 0 Å². The number of aryl methyl sites for hydroxylation is 1. The topological polar surface area (TPSA) is 62.5 Å². The normalized spacial score (nSPS) is 9.60. The molecule has 0 spiro atoms. The number of aromatic nitrogens is 3. The fraction of sp³-hybridized carbons (Fsp3) is 0.0909. The van der Waals surface area contributed by atoms with E-state index in [9.17, 15) is 0 Å². The maximum Gasteiger partial charge on any atom is 0.107 e. The molecule has 0 atom stereocenters. The fourth-order valence-corrected chi connectivity index (χ4v) is 1.25. The largest absolute Gasteiger partial charge is 0.261 e. The number of hydrogen-bond acceptors (Lipinski definition) is 4. The molecule has 2 aromatic rings. The molecule has 0 N–H and O–H groups in total. The summed E-state index contributed by atoms with van der Waals surface area (Å²) >= 11 is 0. The van der Waals surface area contributed by atoms with E-state index in [0.29, 0.717) is 17.0 Å². The summed E-state index contributed by atoms with van der Waals surface area (Å²) in [4.78, 5) is 12.4. The lowest BCUT2D eigenvalue weighted by molar-refractivity contribution is 1.13. The Balaban J connectivity index is 2.49. The van der Waals surface area contributed by atoms with Gasteiger partial charge in [-0.15, -0.1) is 0 Å². The minimum Gasteiger partial charge on any atom is -0.261 e. The molecule has 0 bridgehead atoms. The molecular formula is C11H8N4. The second kappa shape index (κ2) is 3.84. The van der Waals surface area contributed by atoms with E-state index in [1.165, 1.54) is 0 Å². The molecule has 72 valence electrons. The Labute approximate surface area is 87.3 Å². The van der Waals surface area contributed by atoms with E-state index in [2.05, 4.69) is 21.0 Å². The highest BCUT2D eigenvalue weighted by Crippen LogP contribution is 2.14. The average Bonchev–Trinajstić information content (AvgIpc) is 2.30. The Kier molecular flexibility index (Phi) is 2.38. The van der Waals surface area contributed by atoms with Crippen LogP contribution >= 0.6 is 0 Å². The van der Waals surface area contributed by atoms with Crippen LogP contribution < -0.4 is 0 Å². The summed E-state index contributed by atoms with van der Waals surface area (Å²) in [6.07, 6.45) is 4.87. The number of pyridine rings is 1. The summed E-state index contributed by atoms with van der Waals surface area (Å²) in [5.74, 6) is 0. The van der Waals surface area contributed by atoms with Gasteiger partial charge in [-0.2, -0.15) is 5.26 Å². The quantitative estimate of drug-likeness (QED) is 0.696. The Bertz CT molecular complexity index is 514. The molecule has 0 saturated heterocycles. The van der Waals surface area contributed by atoms with Gasteiger partial charge in [0, 0.05) is 12.4 Å². The standard InChI is InChI=1S/C11H8N4/c1-8-9(6-12)2-3-10(15-8)11-7-13-4-5-14-11/h2-5,7H,1H3. The molecule has 2 rings (SSSR count). The highest BCUT2D eigenvalue weighted by Gasteiger charge is 2.03. The molecule has 0 aliphatic rings. The van der Waals surface area contributed by atoms with Crippen LogP contribution in [0.25, 0.3) is 11.4 Å². The van der Waals surface area contributed by atoms with Crippen molar-refractivity contribution in [3.8, 4) is 17.5 Å². The summed E-state index contributed by atoms with van der Waals surface area (Å²) in [6, 6.07) is 5.59. The number of nitriles is 1. The number of hydrogen-bond donors (Lipinski definition) is 0. The molecule has 4 nitrogen and oxygen atoms in total. The first-order valence-electron chi connectivity index (χ1n) is 4.45. The molecule has 2 heterocycles. The first-order valence-corrected chi connectivity index (χ1v) is 4.45. The van der Waals surface area contributed by atoms with Gasteiger partial charge < -0.3 is 0 Å². The summed E-state index contributed by atoms with van der Waals surface area (Å²) in [6.45, 7) is 1.80. The van der Waals surface area contributed by atoms with Gasteiger partial charge in [-0.25, -0.2) is 0 Å². The molecule has 0 fully saturated rings. The van der Waals surface area contributed by atoms with E-state index in [0.717, 1.165) is 5.69 Å². The van der Waals surface area contributed by atoms with E-state index in [4.69, 9.17) is 5.26 Å². The Morgan fingerprint density at radius 3 is 2.67 bits per heavy atom. The van der Waals surface area contributed by atoms with Crippen molar-refractivity contribution in [2.24, 2.45) is 0 Å². The maximum atomic E-state index is 8.76. The molecule has 0 unspecified atom stereocenters. The van der Waals surface area contributed by atoms with Gasteiger partial charge in [0.15, 0.2) is 0 Å². The first kappa shape index (κ1) is 9.28. The van der Waals surface area contributed by atoms with Gasteiger partial charge >= 0.3 is 0 Å². The molecule has 2 aromatic heterocycles. The second-order valence-electron chi connectivity index (χ2n) is 3.03. The summed E-state index contributed by atoms with van der Waals surface area (Å²) in [7, 11) is 0. The van der Waals surface area contributed by atoms with Crippen LogP contribution in [-0.4, -0.2) is 15.0 Å². The van der Waals surface area contributed by atoms with Gasteiger partial charge in [-0.3, -0.25) is 15.0 Å². The van der Waals surface area contributed by atoms with E-state index < -0.39 is 0 Å². The zero-order valence-electron chi connectivity index (χ0n) is 8.18. The molecule has 4 heteroatoms. The number of rotatable bonds is 1. The monoisotopic (exact) mass is 196 g/mol. The van der Waals surface area contributed by atoms with E-state index in [1.807, 2.05) is 0 Å². The molecule has 0 aliphatic heterocycles. The van der Waals surface area contributed by atoms with Crippen molar-refractivity contribution in [2.45, 2.75) is 6.92 Å². The van der Waals surface area contributed by atoms with Crippen LogP contribution in [0.3, 0.4) is 0 Å². The van der Waals surface area contributed by atoms with Crippen molar-refractivity contribution in [2.75, 3.05) is 0 Å². The molecular weight excluding hydrogens is 188 g/mol. The van der Waals surface area contributed by atoms with E-state index >= 15 is 0 Å². The van der Waals surface area contributed by atoms with Crippen LogP contribution in [0, 0.1) is 18.3 Å². The minimum absolute atomic E-state index is 0.586. The SMILES string of the molecule is Cc1nc(-c2cnccn2)ccc1C#N. The van der Waals surface area contributed by atoms with Gasteiger partial charge in [0.2, 0.25) is 0 Å². The van der Waals surface area contributed by atoms with E-state index in [-0.39, 0.29) is 0 Å². The van der Waals surface area contributed by atoms with Crippen LogP contribution in [0.4, 0.5) is 0 Å². The molecule has 0 aliphatic carbocycles. The summed E-state index contributed by atoms with van der Waals surface area (Å²) in [5.41, 5.74) is 2.74. The third-order valence-electron chi connectivity index (χ3n) is 2.03. The van der Waals surface area contributed by atoms with Crippen LogP contribution in [-0.2, 0) is 0 Å². The zero-order valence-corrected chi connectivity index (χ0v) is 8.18. The first-order chi connectivity index (χ1) is 7.31. The van der Waals surface area contributed by atoms with E-state index in [1.54, 1.807) is 37.6 Å². The van der Waals surface area contributed by atoms with Crippen molar-refractivity contribution >= 4 is 0 Å². The average molecular weight is 196 g/mol. The van der Waals surface area contributed by atoms with Gasteiger partial charge in [-0.05, 0) is 19.1 Å². The summed E-state index contributed by atoms with van der Waals surface area (Å²) < 4.78 is 0. The molecule has 0 radical (unpaired) electrons. The van der Waals surface area contributed by atoms with Gasteiger partial charge in [0.05, 0.1) is 23.1 Å². The Morgan fingerprint density at radius 1 is 1.20 bits per heavy atom. The van der Waals surface area contributed by atoms with Crippen molar-refractivity contribution in [1.29, 1.82) is 5.26 Å². The smallest absolute Gasteiger partial charge is 0.107 e. The van der Waals surface area contributed by atoms with Gasteiger partial charge in [0.1, 0.15) is 11.8 Å². The third-order valence-corrected chi connectivity index (χ3v) is 2.03. The minimum atomic E-state index is 0.586. The molecule has 0 aromatic carbocycles. The van der Waals surface area contributed by atoms with Crippen molar-refractivity contribution in [3.63, 3.8) is 0 Å². The Morgan fingerprint density at radius 2 is 2.07 bits per heavy atom. The fourth-order valence-electron chi connectivity index (χ4n) is 1.25. The predicted molar refractivity (Wildman–Crippen MR) is 54.7 cm³/mol. The van der Waals surface area contributed by atoms with Gasteiger partial charge in [0.25, 0.3) is 0 Å². The highest BCUT2D eigenvalue weighted by atomic mass is 14.8. The molecule has 0 saturated carbocycles. The lowest BCUT2D eigenvalue weighted by Gasteiger charge is -2.01. The van der Waals surface area contributed by atoms with Crippen LogP contribution in [0.5, 0.6) is 0 Å². The lowest BCUT2D eigenvalue weighted by Crippen LogP contribution is -1.92. The van der Waals surface area contributed by atoms with Crippen molar-refractivity contribution in [3.05, 3.63) is 42.0 Å². The van der Waals surface area contributed by atoms with Crippen molar-refractivity contribution in [1.82, 2.24) is 15.0 Å². The highest BCUT2D eigenvalue weighted by molar-refractivity contribution is 5.54. The van der Waals surface area contributed by atoms with Crippen LogP contribution in [0.15, 0.2) is 30.7 Å². The predicted octanol–water partition coefficient (Wildman–Crippen LogP) is 1.72. The molecule has 15 heavy (non-hydrogen) atoms. The van der Waals surface area contributed by atoms with Crippen molar-refractivity contribution < 1.29 is 0 Å². The second-order valence-corrected chi connectivity index (χ2v) is 3.03.